The Labute approximate surface area is 152 Å². The number of amides is 1. The maximum Gasteiger partial charge on any atom is 0.255 e. The molecule has 0 aliphatic carbocycles. The van der Waals surface area contributed by atoms with Gasteiger partial charge in [-0.25, -0.2) is 8.42 Å². The van der Waals surface area contributed by atoms with Crippen molar-refractivity contribution < 1.29 is 13.2 Å². The highest BCUT2D eigenvalue weighted by molar-refractivity contribution is 7.92. The van der Waals surface area contributed by atoms with Crippen LogP contribution in [-0.4, -0.2) is 26.6 Å². The largest absolute Gasteiger partial charge is 0.322 e. The molecule has 0 saturated carbocycles. The van der Waals surface area contributed by atoms with Crippen molar-refractivity contribution in [3.05, 3.63) is 58.1 Å². The van der Waals surface area contributed by atoms with Crippen LogP contribution in [0.15, 0.2) is 36.4 Å². The molecule has 0 unspecified atom stereocenters. The maximum absolute atomic E-state index is 12.6. The first kappa shape index (κ1) is 17.8. The second-order valence-corrected chi connectivity index (χ2v) is 8.59. The number of nitrogens with one attached hydrogen (secondary N) is 1. The minimum atomic E-state index is -3.34. The summed E-state index contributed by atoms with van der Waals surface area (Å²) in [6.45, 7) is 3.70. The smallest absolute Gasteiger partial charge is 0.255 e. The molecule has 7 heteroatoms. The molecule has 0 spiro atoms. The van der Waals surface area contributed by atoms with Gasteiger partial charge in [-0.2, -0.15) is 0 Å². The number of hydrogen-bond acceptors (Lipinski definition) is 3. The molecule has 3 rings (SSSR count). The molecule has 5 nitrogen and oxygen atoms in total. The van der Waals surface area contributed by atoms with Crippen molar-refractivity contribution >= 4 is 38.9 Å². The summed E-state index contributed by atoms with van der Waals surface area (Å²) < 4.78 is 25.3. The monoisotopic (exact) mass is 378 g/mol. The van der Waals surface area contributed by atoms with E-state index in [1.807, 2.05) is 13.8 Å². The van der Waals surface area contributed by atoms with Gasteiger partial charge in [-0.3, -0.25) is 9.10 Å². The molecule has 2 aromatic carbocycles. The van der Waals surface area contributed by atoms with Gasteiger partial charge in [0.25, 0.3) is 5.91 Å². The van der Waals surface area contributed by atoms with Crippen LogP contribution in [0.5, 0.6) is 0 Å². The van der Waals surface area contributed by atoms with Crippen molar-refractivity contribution in [3.8, 4) is 0 Å². The summed E-state index contributed by atoms with van der Waals surface area (Å²) in [6.07, 6.45) is 1.78. The number of nitrogens with zero attached hydrogens (tertiary/aromatic N) is 1. The summed E-state index contributed by atoms with van der Waals surface area (Å²) in [4.78, 5) is 12.6. The predicted octanol–water partition coefficient (Wildman–Crippen LogP) is 3.61. The van der Waals surface area contributed by atoms with Crippen molar-refractivity contribution in [2.45, 2.75) is 26.3 Å². The zero-order valence-electron chi connectivity index (χ0n) is 14.2. The van der Waals surface area contributed by atoms with E-state index < -0.39 is 10.0 Å². The lowest BCUT2D eigenvalue weighted by atomic mass is 10.1. The number of sulfonamides is 1. The zero-order valence-corrected chi connectivity index (χ0v) is 15.8. The average molecular weight is 379 g/mol. The van der Waals surface area contributed by atoms with Gasteiger partial charge in [-0.15, -0.1) is 0 Å². The Bertz CT molecular complexity index is 957. The molecule has 2 aromatic rings. The number of fused-ring (bicyclic) bond motifs is 1. The summed E-state index contributed by atoms with van der Waals surface area (Å²) in [5.41, 5.74) is 3.44. The van der Waals surface area contributed by atoms with Gasteiger partial charge in [0.05, 0.1) is 11.9 Å². The fraction of sp³-hybridized carbons (Fsp3) is 0.278. The van der Waals surface area contributed by atoms with Crippen molar-refractivity contribution in [1.29, 1.82) is 0 Å². The van der Waals surface area contributed by atoms with Crippen molar-refractivity contribution in [2.75, 3.05) is 15.9 Å². The Hall–Kier alpha value is -2.05. The molecular weight excluding hydrogens is 360 g/mol. The average Bonchev–Trinajstić information content (AvgIpc) is 2.86. The highest BCUT2D eigenvalue weighted by atomic mass is 35.5. The number of carbonyl (C=O) groups excluding carboxylic acids is 1. The minimum absolute atomic E-state index is 0.154. The van der Waals surface area contributed by atoms with Gasteiger partial charge in [0.15, 0.2) is 0 Å². The Kier molecular flexibility index (Phi) is 4.51. The number of benzene rings is 2. The molecule has 1 aliphatic heterocycles. The van der Waals surface area contributed by atoms with Crippen LogP contribution < -0.4 is 9.62 Å². The van der Waals surface area contributed by atoms with Crippen molar-refractivity contribution in [2.24, 2.45) is 0 Å². The van der Waals surface area contributed by atoms with E-state index >= 15 is 0 Å². The standard InChI is InChI=1S/C18H19ClN2O3S/c1-11-9-14-10-13(7-8-17(14)21(11)25(3,23)24)18(22)20-16-6-4-5-15(19)12(16)2/h4-8,10-11H,9H2,1-3H3,(H,20,22)/t11-/m1/s1. The highest BCUT2D eigenvalue weighted by Gasteiger charge is 2.32. The molecule has 0 saturated heterocycles. The maximum atomic E-state index is 12.6. The lowest BCUT2D eigenvalue weighted by molar-refractivity contribution is 0.102. The molecule has 25 heavy (non-hydrogen) atoms. The van der Waals surface area contributed by atoms with E-state index in [4.69, 9.17) is 11.6 Å². The third-order valence-electron chi connectivity index (χ3n) is 4.37. The molecule has 0 aromatic heterocycles. The van der Waals surface area contributed by atoms with Crippen LogP contribution in [0.3, 0.4) is 0 Å². The Morgan fingerprint density at radius 2 is 2.00 bits per heavy atom. The third-order valence-corrected chi connectivity index (χ3v) is 6.05. The molecule has 0 bridgehead atoms. The Morgan fingerprint density at radius 3 is 2.68 bits per heavy atom. The number of hydrogen-bond donors (Lipinski definition) is 1. The van der Waals surface area contributed by atoms with Crippen molar-refractivity contribution in [1.82, 2.24) is 0 Å². The van der Waals surface area contributed by atoms with Crippen molar-refractivity contribution in [3.63, 3.8) is 0 Å². The van der Waals surface area contributed by atoms with Crippen LogP contribution in [-0.2, 0) is 16.4 Å². The van der Waals surface area contributed by atoms with Gasteiger partial charge in [-0.1, -0.05) is 17.7 Å². The van der Waals surface area contributed by atoms with Crippen LogP contribution >= 0.6 is 11.6 Å². The number of carbonyl (C=O) groups is 1. The summed E-state index contributed by atoms with van der Waals surface area (Å²) in [6, 6.07) is 10.3. The molecule has 1 heterocycles. The lowest BCUT2D eigenvalue weighted by Crippen LogP contribution is -2.34. The minimum Gasteiger partial charge on any atom is -0.322 e. The van der Waals surface area contributed by atoms with E-state index in [0.717, 1.165) is 11.1 Å². The third kappa shape index (κ3) is 3.37. The zero-order chi connectivity index (χ0) is 18.4. The molecular formula is C18H19ClN2O3S. The van der Waals surface area contributed by atoms with Gasteiger partial charge in [0.1, 0.15) is 0 Å². The summed E-state index contributed by atoms with van der Waals surface area (Å²) in [5.74, 6) is -0.251. The predicted molar refractivity (Wildman–Crippen MR) is 101 cm³/mol. The van der Waals surface area contributed by atoms with Crippen LogP contribution in [0.1, 0.15) is 28.4 Å². The fourth-order valence-corrected chi connectivity index (χ4v) is 4.62. The van der Waals surface area contributed by atoms with Crippen LogP contribution in [0, 0.1) is 6.92 Å². The van der Waals surface area contributed by atoms with Gasteiger partial charge in [0, 0.05) is 22.3 Å². The van der Waals surface area contributed by atoms with Gasteiger partial charge in [0.2, 0.25) is 10.0 Å². The van der Waals surface area contributed by atoms with Crippen LogP contribution in [0.4, 0.5) is 11.4 Å². The molecule has 0 radical (unpaired) electrons. The van der Waals surface area contributed by atoms with E-state index in [9.17, 15) is 13.2 Å². The van der Waals surface area contributed by atoms with E-state index in [2.05, 4.69) is 5.32 Å². The first-order valence-electron chi connectivity index (χ1n) is 7.87. The molecule has 1 amide bonds. The fourth-order valence-electron chi connectivity index (χ4n) is 3.19. The van der Waals surface area contributed by atoms with E-state index in [-0.39, 0.29) is 11.9 Å². The normalized spacial score (nSPS) is 16.6. The summed E-state index contributed by atoms with van der Waals surface area (Å²) in [7, 11) is -3.34. The Balaban J connectivity index is 1.90. The van der Waals surface area contributed by atoms with Crippen LogP contribution in [0.25, 0.3) is 0 Å². The second kappa shape index (κ2) is 6.35. The molecule has 1 atom stereocenters. The first-order chi connectivity index (χ1) is 11.7. The molecule has 132 valence electrons. The second-order valence-electron chi connectivity index (χ2n) is 6.32. The van der Waals surface area contributed by atoms with E-state index in [0.29, 0.717) is 28.4 Å². The lowest BCUT2D eigenvalue weighted by Gasteiger charge is -2.21. The SMILES string of the molecule is Cc1c(Cl)cccc1NC(=O)c1ccc2c(c1)C[C@@H](C)N2S(C)(=O)=O. The molecule has 1 N–H and O–H groups in total. The highest BCUT2D eigenvalue weighted by Crippen LogP contribution is 2.35. The Morgan fingerprint density at radius 1 is 1.28 bits per heavy atom. The van der Waals surface area contributed by atoms with E-state index in [1.165, 1.54) is 10.6 Å². The topological polar surface area (TPSA) is 66.5 Å². The number of anilines is 2. The molecule has 0 fully saturated rings. The number of halogens is 1. The van der Waals surface area contributed by atoms with Gasteiger partial charge >= 0.3 is 0 Å². The molecule has 1 aliphatic rings. The quantitative estimate of drug-likeness (QED) is 0.887. The first-order valence-corrected chi connectivity index (χ1v) is 10.1. The number of rotatable bonds is 3. The summed E-state index contributed by atoms with van der Waals surface area (Å²) in [5, 5.41) is 3.44. The van der Waals surface area contributed by atoms with E-state index in [1.54, 1.807) is 36.4 Å². The summed E-state index contributed by atoms with van der Waals surface area (Å²) >= 11 is 6.08. The van der Waals surface area contributed by atoms with Crippen LogP contribution in [0.2, 0.25) is 5.02 Å². The van der Waals surface area contributed by atoms with Gasteiger partial charge < -0.3 is 5.32 Å². The van der Waals surface area contributed by atoms with Gasteiger partial charge in [-0.05, 0) is 61.7 Å².